The number of esters is 1. The average molecular weight is 559 g/mol. The van der Waals surface area contributed by atoms with Gasteiger partial charge in [-0.25, -0.2) is 9.59 Å². The number of ether oxygens (including phenoxy) is 2. The van der Waals surface area contributed by atoms with E-state index >= 15 is 0 Å². The second-order valence-electron chi connectivity index (χ2n) is 10.9. The van der Waals surface area contributed by atoms with E-state index in [9.17, 15) is 24.3 Å². The van der Waals surface area contributed by atoms with Crippen LogP contribution in [0.1, 0.15) is 49.8 Å². The number of carboxylic acid groups (broad SMARTS) is 1. The lowest BCUT2D eigenvalue weighted by molar-refractivity contribution is -0.161. The molecular weight excluding hydrogens is 524 g/mol. The Morgan fingerprint density at radius 1 is 0.805 bits per heavy atom. The highest BCUT2D eigenvalue weighted by Gasteiger charge is 2.33. The lowest BCUT2D eigenvalue weighted by atomic mass is 9.98. The van der Waals surface area contributed by atoms with Gasteiger partial charge in [-0.1, -0.05) is 78.9 Å². The zero-order valence-electron chi connectivity index (χ0n) is 23.3. The van der Waals surface area contributed by atoms with Crippen molar-refractivity contribution in [3.8, 4) is 11.1 Å². The van der Waals surface area contributed by atoms with E-state index < -0.39 is 48.0 Å². The van der Waals surface area contributed by atoms with E-state index in [0.717, 1.165) is 27.8 Å². The molecule has 0 spiro atoms. The molecule has 0 saturated heterocycles. The Labute approximate surface area is 238 Å². The third kappa shape index (κ3) is 7.72. The zero-order valence-corrected chi connectivity index (χ0v) is 23.3. The molecule has 0 aliphatic heterocycles. The fraction of sp³-hybridized carbons (Fsp3) is 0.312. The number of amides is 2. The minimum absolute atomic E-state index is 0.0546. The molecule has 0 saturated carbocycles. The van der Waals surface area contributed by atoms with Crippen molar-refractivity contribution in [3.63, 3.8) is 0 Å². The molecule has 0 unspecified atom stereocenters. The summed E-state index contributed by atoms with van der Waals surface area (Å²) in [6.45, 7) is 4.98. The molecule has 0 bridgehead atoms. The van der Waals surface area contributed by atoms with Crippen LogP contribution in [0.4, 0.5) is 4.79 Å². The first kappa shape index (κ1) is 29.3. The Morgan fingerprint density at radius 3 is 1.93 bits per heavy atom. The maximum atomic E-state index is 13.4. The van der Waals surface area contributed by atoms with Crippen molar-refractivity contribution in [2.45, 2.75) is 57.2 Å². The fourth-order valence-corrected chi connectivity index (χ4v) is 4.85. The van der Waals surface area contributed by atoms with E-state index in [1.807, 2.05) is 54.6 Å². The molecule has 0 fully saturated rings. The number of carbonyl (C=O) groups excluding carboxylic acids is 3. The SMILES string of the molecule is CC(C)(C)OC(=O)[C@H](CC(=O)O)NC(=O)[C@H](Cc1ccccc1)NC(=O)OCC1c2ccccc2-c2ccccc21. The Kier molecular flexibility index (Phi) is 9.07. The van der Waals surface area contributed by atoms with Gasteiger partial charge < -0.3 is 25.2 Å². The largest absolute Gasteiger partial charge is 0.481 e. The molecule has 0 heterocycles. The zero-order chi connectivity index (χ0) is 29.6. The minimum atomic E-state index is -1.44. The second kappa shape index (κ2) is 12.7. The molecule has 9 heteroatoms. The van der Waals surface area contributed by atoms with Gasteiger partial charge in [0.1, 0.15) is 24.3 Å². The smallest absolute Gasteiger partial charge is 0.407 e. The molecule has 1 aliphatic rings. The van der Waals surface area contributed by atoms with Gasteiger partial charge in [-0.3, -0.25) is 9.59 Å². The van der Waals surface area contributed by atoms with Gasteiger partial charge in [-0.2, -0.15) is 0 Å². The summed E-state index contributed by atoms with van der Waals surface area (Å²) in [6, 6.07) is 22.3. The van der Waals surface area contributed by atoms with Crippen LogP contribution in [0.3, 0.4) is 0 Å². The molecule has 0 radical (unpaired) electrons. The lowest BCUT2D eigenvalue weighted by Gasteiger charge is -2.25. The Morgan fingerprint density at radius 2 is 1.37 bits per heavy atom. The first-order valence-corrected chi connectivity index (χ1v) is 13.4. The maximum absolute atomic E-state index is 13.4. The topological polar surface area (TPSA) is 131 Å². The first-order chi connectivity index (χ1) is 19.5. The number of carboxylic acids is 1. The van der Waals surface area contributed by atoms with Gasteiger partial charge in [0, 0.05) is 12.3 Å². The number of carbonyl (C=O) groups is 4. The van der Waals surface area contributed by atoms with Gasteiger partial charge >= 0.3 is 18.0 Å². The van der Waals surface area contributed by atoms with Crippen LogP contribution in [-0.2, 0) is 30.3 Å². The van der Waals surface area contributed by atoms with E-state index in [1.165, 1.54) is 0 Å². The highest BCUT2D eigenvalue weighted by Crippen LogP contribution is 2.44. The summed E-state index contributed by atoms with van der Waals surface area (Å²) < 4.78 is 10.9. The quantitative estimate of drug-likeness (QED) is 0.314. The molecule has 1 aliphatic carbocycles. The van der Waals surface area contributed by atoms with E-state index in [-0.39, 0.29) is 18.9 Å². The number of hydrogen-bond acceptors (Lipinski definition) is 6. The summed E-state index contributed by atoms with van der Waals surface area (Å²) in [6.07, 6.45) is -1.40. The summed E-state index contributed by atoms with van der Waals surface area (Å²) in [5.74, 6) is -3.07. The van der Waals surface area contributed by atoms with Gasteiger partial charge in [0.2, 0.25) is 5.91 Å². The van der Waals surface area contributed by atoms with Crippen molar-refractivity contribution in [2.75, 3.05) is 6.61 Å². The van der Waals surface area contributed by atoms with Crippen LogP contribution in [0.5, 0.6) is 0 Å². The van der Waals surface area contributed by atoms with Crippen LogP contribution in [0.15, 0.2) is 78.9 Å². The Balaban J connectivity index is 1.48. The number of nitrogens with one attached hydrogen (secondary N) is 2. The molecule has 0 aromatic heterocycles. The predicted octanol–water partition coefficient (Wildman–Crippen LogP) is 4.44. The highest BCUT2D eigenvalue weighted by molar-refractivity contribution is 5.91. The van der Waals surface area contributed by atoms with E-state index in [0.29, 0.717) is 0 Å². The molecule has 3 aromatic carbocycles. The molecule has 2 amide bonds. The maximum Gasteiger partial charge on any atom is 0.407 e. The highest BCUT2D eigenvalue weighted by atomic mass is 16.6. The molecule has 4 rings (SSSR count). The third-order valence-corrected chi connectivity index (χ3v) is 6.62. The van der Waals surface area contributed by atoms with Gasteiger partial charge in [0.15, 0.2) is 0 Å². The molecule has 41 heavy (non-hydrogen) atoms. The normalized spacial score (nSPS) is 13.7. The lowest BCUT2D eigenvalue weighted by Crippen LogP contribution is -2.54. The van der Waals surface area contributed by atoms with Crippen LogP contribution < -0.4 is 10.6 Å². The molecule has 9 nitrogen and oxygen atoms in total. The predicted molar refractivity (Wildman–Crippen MR) is 152 cm³/mol. The summed E-state index contributed by atoms with van der Waals surface area (Å²) in [7, 11) is 0. The van der Waals surface area contributed by atoms with Crippen molar-refractivity contribution in [3.05, 3.63) is 95.6 Å². The van der Waals surface area contributed by atoms with Crippen molar-refractivity contribution in [1.82, 2.24) is 10.6 Å². The number of fused-ring (bicyclic) bond motifs is 3. The van der Waals surface area contributed by atoms with Gasteiger partial charge in [-0.15, -0.1) is 0 Å². The van der Waals surface area contributed by atoms with E-state index in [4.69, 9.17) is 9.47 Å². The number of hydrogen-bond donors (Lipinski definition) is 3. The molecular formula is C32H34N2O7. The van der Waals surface area contributed by atoms with Crippen LogP contribution in [0.2, 0.25) is 0 Å². The summed E-state index contributed by atoms with van der Waals surface area (Å²) >= 11 is 0. The van der Waals surface area contributed by atoms with Crippen LogP contribution in [-0.4, -0.2) is 53.3 Å². The van der Waals surface area contributed by atoms with Crippen molar-refractivity contribution in [2.24, 2.45) is 0 Å². The number of benzene rings is 3. The Bertz CT molecular complexity index is 1370. The standard InChI is InChI=1S/C32H34N2O7/c1-32(2,3)41-30(38)27(18-28(35)36)33-29(37)26(17-20-11-5-4-6-12-20)34-31(39)40-19-25-23-15-9-7-13-21(23)22-14-8-10-16-24(22)25/h4-16,25-27H,17-19H2,1-3H3,(H,33,37)(H,34,39)(H,35,36)/t26-,27-/m0/s1. The monoisotopic (exact) mass is 558 g/mol. The minimum Gasteiger partial charge on any atom is -0.481 e. The summed E-state index contributed by atoms with van der Waals surface area (Å²) in [4.78, 5) is 50.5. The average Bonchev–Trinajstić information content (AvgIpc) is 3.24. The fourth-order valence-electron chi connectivity index (χ4n) is 4.85. The number of aliphatic carboxylic acids is 1. The van der Waals surface area contributed by atoms with Crippen LogP contribution in [0.25, 0.3) is 11.1 Å². The van der Waals surface area contributed by atoms with E-state index in [1.54, 1.807) is 45.0 Å². The number of rotatable bonds is 10. The molecule has 214 valence electrons. The summed E-state index contributed by atoms with van der Waals surface area (Å²) in [5.41, 5.74) is 4.14. The molecule has 3 N–H and O–H groups in total. The van der Waals surface area contributed by atoms with Crippen molar-refractivity contribution in [1.29, 1.82) is 0 Å². The first-order valence-electron chi connectivity index (χ1n) is 13.4. The van der Waals surface area contributed by atoms with Crippen molar-refractivity contribution >= 4 is 23.9 Å². The van der Waals surface area contributed by atoms with Gasteiger partial charge in [0.25, 0.3) is 0 Å². The Hall–Kier alpha value is -4.66. The molecule has 2 atom stereocenters. The van der Waals surface area contributed by atoms with E-state index in [2.05, 4.69) is 10.6 Å². The number of alkyl carbamates (subject to hydrolysis) is 1. The van der Waals surface area contributed by atoms with Gasteiger partial charge in [-0.05, 0) is 48.6 Å². The summed E-state index contributed by atoms with van der Waals surface area (Å²) in [5, 5.41) is 14.4. The van der Waals surface area contributed by atoms with Crippen molar-refractivity contribution < 1.29 is 33.8 Å². The van der Waals surface area contributed by atoms with Gasteiger partial charge in [0.05, 0.1) is 6.42 Å². The van der Waals surface area contributed by atoms with Crippen LogP contribution >= 0.6 is 0 Å². The second-order valence-corrected chi connectivity index (χ2v) is 10.9. The third-order valence-electron chi connectivity index (χ3n) is 6.62. The molecule has 3 aromatic rings. The van der Waals surface area contributed by atoms with Crippen LogP contribution in [0, 0.1) is 0 Å².